The molecule has 94 valence electrons. The van der Waals surface area contributed by atoms with Gasteiger partial charge in [-0.25, -0.2) is 4.98 Å². The molecule has 0 fully saturated rings. The maximum atomic E-state index is 5.72. The topological polar surface area (TPSA) is 27.1 Å². The number of para-hydroxylation sites is 1. The smallest absolute Gasteiger partial charge is 0.119 e. The van der Waals surface area contributed by atoms with Crippen molar-refractivity contribution in [3.8, 4) is 5.75 Å². The van der Waals surface area contributed by atoms with E-state index in [4.69, 9.17) is 4.74 Å². The fourth-order valence-corrected chi connectivity index (χ4v) is 2.50. The largest absolute Gasteiger partial charge is 0.492 e. The number of aromatic nitrogens is 2. The molecule has 0 spiro atoms. The summed E-state index contributed by atoms with van der Waals surface area (Å²) in [5.41, 5.74) is 2.71. The minimum Gasteiger partial charge on any atom is -0.492 e. The lowest BCUT2D eigenvalue weighted by atomic mass is 10.0. The van der Waals surface area contributed by atoms with E-state index in [1.807, 2.05) is 36.7 Å². The number of nitrogens with zero attached hydrogens (tertiary/aromatic N) is 2. The molecule has 1 aliphatic carbocycles. The van der Waals surface area contributed by atoms with Crippen LogP contribution in [0.25, 0.3) is 0 Å². The normalized spacial score (nSPS) is 14.2. The van der Waals surface area contributed by atoms with Crippen LogP contribution in [0.3, 0.4) is 0 Å². The number of rotatable bonds is 4. The first-order valence-corrected chi connectivity index (χ1v) is 6.64. The molecular weight excluding hydrogens is 224 g/mol. The van der Waals surface area contributed by atoms with Crippen molar-refractivity contribution in [3.63, 3.8) is 0 Å². The van der Waals surface area contributed by atoms with Crippen LogP contribution in [0.5, 0.6) is 5.75 Å². The van der Waals surface area contributed by atoms with Gasteiger partial charge in [0.15, 0.2) is 0 Å². The van der Waals surface area contributed by atoms with Crippen molar-refractivity contribution in [2.45, 2.75) is 32.2 Å². The first-order valence-electron chi connectivity index (χ1n) is 6.64. The van der Waals surface area contributed by atoms with Crippen LogP contribution in [-0.4, -0.2) is 16.2 Å². The van der Waals surface area contributed by atoms with E-state index in [9.17, 15) is 0 Å². The molecule has 0 aliphatic heterocycles. The van der Waals surface area contributed by atoms with Crippen molar-refractivity contribution in [2.24, 2.45) is 0 Å². The SMILES string of the molecule is c1ccc(OCCn2cnc3c2CCCC3)cc1. The lowest BCUT2D eigenvalue weighted by Crippen LogP contribution is -2.12. The van der Waals surface area contributed by atoms with Gasteiger partial charge in [-0.1, -0.05) is 18.2 Å². The molecule has 3 nitrogen and oxygen atoms in total. The van der Waals surface area contributed by atoms with Crippen molar-refractivity contribution in [1.82, 2.24) is 9.55 Å². The standard InChI is InChI=1S/C15H18N2O/c1-2-6-13(7-3-1)18-11-10-17-12-16-14-8-4-5-9-15(14)17/h1-3,6-7,12H,4-5,8-11H2. The van der Waals surface area contributed by atoms with Crippen molar-refractivity contribution in [1.29, 1.82) is 0 Å². The second kappa shape index (κ2) is 5.25. The quantitative estimate of drug-likeness (QED) is 0.824. The number of hydrogen-bond acceptors (Lipinski definition) is 2. The van der Waals surface area contributed by atoms with E-state index in [0.717, 1.165) is 18.7 Å². The van der Waals surface area contributed by atoms with Crippen LogP contribution >= 0.6 is 0 Å². The van der Waals surface area contributed by atoms with Gasteiger partial charge in [0.1, 0.15) is 12.4 Å². The van der Waals surface area contributed by atoms with E-state index in [-0.39, 0.29) is 0 Å². The number of hydrogen-bond donors (Lipinski definition) is 0. The molecule has 1 aromatic carbocycles. The summed E-state index contributed by atoms with van der Waals surface area (Å²) in [6, 6.07) is 9.97. The molecule has 3 heteroatoms. The van der Waals surface area contributed by atoms with Gasteiger partial charge in [-0.2, -0.15) is 0 Å². The fraction of sp³-hybridized carbons (Fsp3) is 0.400. The van der Waals surface area contributed by atoms with Gasteiger partial charge >= 0.3 is 0 Å². The van der Waals surface area contributed by atoms with Crippen LogP contribution in [0.4, 0.5) is 0 Å². The summed E-state index contributed by atoms with van der Waals surface area (Å²) >= 11 is 0. The molecular formula is C15H18N2O. The molecule has 1 aromatic heterocycles. The highest BCUT2D eigenvalue weighted by Gasteiger charge is 2.14. The van der Waals surface area contributed by atoms with Crippen molar-refractivity contribution >= 4 is 0 Å². The molecule has 0 radical (unpaired) electrons. The Morgan fingerprint density at radius 1 is 1.11 bits per heavy atom. The third kappa shape index (κ3) is 2.40. The molecule has 1 heterocycles. The predicted molar refractivity (Wildman–Crippen MR) is 70.8 cm³/mol. The van der Waals surface area contributed by atoms with Crippen LogP contribution in [0.1, 0.15) is 24.2 Å². The molecule has 0 N–H and O–H groups in total. The number of benzene rings is 1. The van der Waals surface area contributed by atoms with Gasteiger partial charge in [0.2, 0.25) is 0 Å². The van der Waals surface area contributed by atoms with Crippen molar-refractivity contribution in [2.75, 3.05) is 6.61 Å². The van der Waals surface area contributed by atoms with Gasteiger partial charge in [0.25, 0.3) is 0 Å². The van der Waals surface area contributed by atoms with E-state index in [0.29, 0.717) is 6.61 Å². The Balaban J connectivity index is 1.59. The average molecular weight is 242 g/mol. The second-order valence-corrected chi connectivity index (χ2v) is 4.70. The van der Waals surface area contributed by atoms with Gasteiger partial charge < -0.3 is 9.30 Å². The molecule has 2 aromatic rings. The van der Waals surface area contributed by atoms with Gasteiger partial charge in [-0.15, -0.1) is 0 Å². The van der Waals surface area contributed by atoms with Gasteiger partial charge in [0.05, 0.1) is 18.6 Å². The van der Waals surface area contributed by atoms with Crippen LogP contribution < -0.4 is 4.74 Å². The Bertz CT molecular complexity index is 504. The molecule has 18 heavy (non-hydrogen) atoms. The van der Waals surface area contributed by atoms with E-state index in [1.54, 1.807) is 0 Å². The molecule has 0 saturated carbocycles. The number of aryl methyl sites for hydroxylation is 1. The summed E-state index contributed by atoms with van der Waals surface area (Å²) in [5.74, 6) is 0.937. The number of fused-ring (bicyclic) bond motifs is 1. The summed E-state index contributed by atoms with van der Waals surface area (Å²) < 4.78 is 7.97. The lowest BCUT2D eigenvalue weighted by molar-refractivity contribution is 0.296. The van der Waals surface area contributed by atoms with Crippen LogP contribution in [0.15, 0.2) is 36.7 Å². The maximum absolute atomic E-state index is 5.72. The first-order chi connectivity index (χ1) is 8.93. The molecule has 0 saturated heterocycles. The minimum atomic E-state index is 0.701. The Morgan fingerprint density at radius 2 is 1.94 bits per heavy atom. The summed E-state index contributed by atoms with van der Waals surface area (Å²) in [4.78, 5) is 4.49. The molecule has 1 aliphatic rings. The Hall–Kier alpha value is -1.77. The molecule has 0 amide bonds. The monoisotopic (exact) mass is 242 g/mol. The molecule has 0 unspecified atom stereocenters. The van der Waals surface area contributed by atoms with E-state index >= 15 is 0 Å². The highest BCUT2D eigenvalue weighted by molar-refractivity contribution is 5.21. The number of imidazole rings is 1. The van der Waals surface area contributed by atoms with Crippen molar-refractivity contribution < 1.29 is 4.74 Å². The Kier molecular flexibility index (Phi) is 3.31. The van der Waals surface area contributed by atoms with Crippen LogP contribution in [0, 0.1) is 0 Å². The molecule has 3 rings (SSSR count). The van der Waals surface area contributed by atoms with Gasteiger partial charge in [0, 0.05) is 5.69 Å². The predicted octanol–water partition coefficient (Wildman–Crippen LogP) is 2.84. The van der Waals surface area contributed by atoms with Gasteiger partial charge in [-0.3, -0.25) is 0 Å². The number of ether oxygens (including phenoxy) is 1. The second-order valence-electron chi connectivity index (χ2n) is 4.70. The van der Waals surface area contributed by atoms with E-state index in [2.05, 4.69) is 9.55 Å². The van der Waals surface area contributed by atoms with Crippen molar-refractivity contribution in [3.05, 3.63) is 48.0 Å². The van der Waals surface area contributed by atoms with Gasteiger partial charge in [-0.05, 0) is 37.8 Å². The molecule has 0 atom stereocenters. The van der Waals surface area contributed by atoms with E-state index < -0.39 is 0 Å². The zero-order chi connectivity index (χ0) is 12.2. The third-order valence-electron chi connectivity index (χ3n) is 3.45. The van der Waals surface area contributed by atoms with E-state index in [1.165, 1.54) is 30.7 Å². The summed E-state index contributed by atoms with van der Waals surface area (Å²) in [6.45, 7) is 1.59. The summed E-state index contributed by atoms with van der Waals surface area (Å²) in [7, 11) is 0. The zero-order valence-corrected chi connectivity index (χ0v) is 10.5. The van der Waals surface area contributed by atoms with Crippen LogP contribution in [0.2, 0.25) is 0 Å². The highest BCUT2D eigenvalue weighted by atomic mass is 16.5. The lowest BCUT2D eigenvalue weighted by Gasteiger charge is -2.14. The van der Waals surface area contributed by atoms with Crippen LogP contribution in [-0.2, 0) is 19.4 Å². The first kappa shape index (κ1) is 11.3. The molecule has 0 bridgehead atoms. The third-order valence-corrected chi connectivity index (χ3v) is 3.45. The fourth-order valence-electron chi connectivity index (χ4n) is 2.50. The summed E-state index contributed by atoms with van der Waals surface area (Å²) in [6.07, 6.45) is 6.84. The minimum absolute atomic E-state index is 0.701. The maximum Gasteiger partial charge on any atom is 0.119 e. The zero-order valence-electron chi connectivity index (χ0n) is 10.5. The summed E-state index contributed by atoms with van der Waals surface area (Å²) in [5, 5.41) is 0. The average Bonchev–Trinajstić information content (AvgIpc) is 2.84. The highest BCUT2D eigenvalue weighted by Crippen LogP contribution is 2.19. The Morgan fingerprint density at radius 3 is 2.83 bits per heavy atom. The Labute approximate surface area is 107 Å².